The fourth-order valence-corrected chi connectivity index (χ4v) is 4.39. The van der Waals surface area contributed by atoms with Gasteiger partial charge in [-0.1, -0.05) is 0 Å². The molecule has 0 bridgehead atoms. The Morgan fingerprint density at radius 1 is 1.11 bits per heavy atom. The second kappa shape index (κ2) is 9.90. The number of carbonyl (C=O) groups excluding carboxylic acids is 1. The molecule has 1 aromatic carbocycles. The van der Waals surface area contributed by atoms with Crippen molar-refractivity contribution in [2.75, 3.05) is 13.1 Å². The lowest BCUT2D eigenvalue weighted by Crippen LogP contribution is -2.56. The molecular formula is C24H26F3N5O2S. The van der Waals surface area contributed by atoms with E-state index < -0.39 is 23.9 Å². The van der Waals surface area contributed by atoms with Crippen molar-refractivity contribution in [2.45, 2.75) is 52.1 Å². The number of nitrogens with one attached hydrogen (secondary N) is 1. The zero-order valence-corrected chi connectivity index (χ0v) is 20.6. The molecule has 1 atom stereocenters. The summed E-state index contributed by atoms with van der Waals surface area (Å²) in [6.07, 6.45) is -0.679. The minimum atomic E-state index is -4.62. The van der Waals surface area contributed by atoms with E-state index >= 15 is 0 Å². The van der Waals surface area contributed by atoms with Crippen LogP contribution in [0.5, 0.6) is 5.75 Å². The molecule has 3 heterocycles. The quantitative estimate of drug-likeness (QED) is 0.493. The molecular weight excluding hydrogens is 479 g/mol. The van der Waals surface area contributed by atoms with Crippen LogP contribution in [0.25, 0.3) is 10.6 Å². The van der Waals surface area contributed by atoms with Gasteiger partial charge >= 0.3 is 6.18 Å². The van der Waals surface area contributed by atoms with Crippen LogP contribution in [0, 0.1) is 6.92 Å². The normalized spacial score (nSPS) is 15.7. The average Bonchev–Trinajstić information content (AvgIpc) is 3.21. The molecule has 0 radical (unpaired) electrons. The van der Waals surface area contributed by atoms with Gasteiger partial charge in [-0.2, -0.15) is 13.2 Å². The lowest BCUT2D eigenvalue weighted by molar-refractivity contribution is -0.145. The van der Waals surface area contributed by atoms with Crippen molar-refractivity contribution >= 4 is 17.2 Å². The van der Waals surface area contributed by atoms with Crippen LogP contribution >= 0.6 is 11.3 Å². The Kier molecular flexibility index (Phi) is 7.09. The van der Waals surface area contributed by atoms with Gasteiger partial charge in [0.15, 0.2) is 0 Å². The number of halogens is 3. The first-order valence-corrected chi connectivity index (χ1v) is 12.0. The lowest BCUT2D eigenvalue weighted by Gasteiger charge is -2.41. The topological polar surface area (TPSA) is 80.2 Å². The first-order valence-electron chi connectivity index (χ1n) is 11.2. The average molecular weight is 506 g/mol. The van der Waals surface area contributed by atoms with Gasteiger partial charge < -0.3 is 10.1 Å². The number of aryl methyl sites for hydroxylation is 1. The van der Waals surface area contributed by atoms with Crippen LogP contribution in [0.15, 0.2) is 36.8 Å². The molecule has 0 spiro atoms. The highest BCUT2D eigenvalue weighted by Gasteiger charge is 2.34. The lowest BCUT2D eigenvalue weighted by atomic mass is 10.1. The standard InChI is InChI=1S/C24H26F3N5O2S/c1-13(2)32-11-20(12-32)34-19-6-16(5-17(7-19)22-28-8-14(3)35-22)21(33)31-15(4)18-9-29-23(30-10-18)24(25,26)27/h5-10,13,15,20H,11-12H2,1-4H3,(H,31,33). The van der Waals surface area contributed by atoms with Crippen LogP contribution in [0.4, 0.5) is 13.2 Å². The molecule has 1 N–H and O–H groups in total. The van der Waals surface area contributed by atoms with E-state index in [2.05, 4.69) is 39.0 Å². The van der Waals surface area contributed by atoms with Gasteiger partial charge in [-0.15, -0.1) is 11.3 Å². The summed E-state index contributed by atoms with van der Waals surface area (Å²) in [7, 11) is 0. The molecule has 11 heteroatoms. The summed E-state index contributed by atoms with van der Waals surface area (Å²) in [5, 5.41) is 3.57. The number of thiazole rings is 1. The van der Waals surface area contributed by atoms with Gasteiger partial charge in [-0.25, -0.2) is 15.0 Å². The number of likely N-dealkylation sites (tertiary alicyclic amines) is 1. The van der Waals surface area contributed by atoms with E-state index in [1.807, 2.05) is 13.0 Å². The van der Waals surface area contributed by atoms with Gasteiger partial charge in [0.2, 0.25) is 5.82 Å². The first kappa shape index (κ1) is 25.1. The second-order valence-corrected chi connectivity index (χ2v) is 10.1. The highest BCUT2D eigenvalue weighted by atomic mass is 32.1. The summed E-state index contributed by atoms with van der Waals surface area (Å²) >= 11 is 1.51. The van der Waals surface area contributed by atoms with Crippen LogP contribution < -0.4 is 10.1 Å². The summed E-state index contributed by atoms with van der Waals surface area (Å²) in [5.41, 5.74) is 1.49. The third-order valence-electron chi connectivity index (χ3n) is 5.72. The largest absolute Gasteiger partial charge is 0.488 e. The Labute approximate surface area is 205 Å². The SMILES string of the molecule is Cc1cnc(-c2cc(OC3CN(C(C)C)C3)cc(C(=O)NC(C)c3cnc(C(F)(F)F)nc3)c2)s1. The van der Waals surface area contributed by atoms with Crippen LogP contribution in [0.3, 0.4) is 0 Å². The predicted octanol–water partition coefficient (Wildman–Crippen LogP) is 4.89. The van der Waals surface area contributed by atoms with Crippen LogP contribution in [0.1, 0.15) is 53.4 Å². The highest BCUT2D eigenvalue weighted by Crippen LogP contribution is 2.31. The van der Waals surface area contributed by atoms with Gasteiger partial charge in [0.05, 0.1) is 6.04 Å². The van der Waals surface area contributed by atoms with Crippen molar-refractivity contribution in [2.24, 2.45) is 0 Å². The summed E-state index contributed by atoms with van der Waals surface area (Å²) < 4.78 is 44.4. The zero-order valence-electron chi connectivity index (χ0n) is 19.8. The van der Waals surface area contributed by atoms with Crippen LogP contribution in [0.2, 0.25) is 0 Å². The number of amides is 1. The Bertz CT molecular complexity index is 1190. The summed E-state index contributed by atoms with van der Waals surface area (Å²) in [6, 6.07) is 5.12. The van der Waals surface area contributed by atoms with Crippen LogP contribution in [-0.4, -0.2) is 51.0 Å². The molecule has 0 aliphatic carbocycles. The van der Waals surface area contributed by atoms with E-state index in [1.54, 1.807) is 25.3 Å². The molecule has 0 saturated carbocycles. The van der Waals surface area contributed by atoms with E-state index in [-0.39, 0.29) is 6.10 Å². The minimum Gasteiger partial charge on any atom is -0.488 e. The predicted molar refractivity (Wildman–Crippen MR) is 126 cm³/mol. The van der Waals surface area contributed by atoms with Gasteiger partial charge in [0, 0.05) is 59.3 Å². The van der Waals surface area contributed by atoms with Crippen molar-refractivity contribution in [3.05, 3.63) is 58.6 Å². The third-order valence-corrected chi connectivity index (χ3v) is 6.68. The van der Waals surface area contributed by atoms with Gasteiger partial charge in [-0.05, 0) is 45.9 Å². The molecule has 1 aliphatic heterocycles. The van der Waals surface area contributed by atoms with E-state index in [4.69, 9.17) is 4.74 Å². The molecule has 1 fully saturated rings. The van der Waals surface area contributed by atoms with Crippen molar-refractivity contribution in [3.63, 3.8) is 0 Å². The number of rotatable bonds is 7. The number of carbonyl (C=O) groups is 1. The van der Waals surface area contributed by atoms with E-state index in [1.165, 1.54) is 11.3 Å². The maximum atomic E-state index is 13.1. The van der Waals surface area contributed by atoms with Crippen molar-refractivity contribution < 1.29 is 22.7 Å². The number of aromatic nitrogens is 3. The summed E-state index contributed by atoms with van der Waals surface area (Å²) in [4.78, 5) is 27.6. The van der Waals surface area contributed by atoms with Crippen LogP contribution in [-0.2, 0) is 6.18 Å². The van der Waals surface area contributed by atoms with Gasteiger partial charge in [0.1, 0.15) is 16.9 Å². The first-order chi connectivity index (χ1) is 16.5. The molecule has 1 amide bonds. The van der Waals surface area contributed by atoms with Gasteiger partial charge in [0.25, 0.3) is 5.91 Å². The fourth-order valence-electron chi connectivity index (χ4n) is 3.64. The number of nitrogens with zero attached hydrogens (tertiary/aromatic N) is 4. The van der Waals surface area contributed by atoms with Crippen molar-refractivity contribution in [1.82, 2.24) is 25.2 Å². The number of alkyl halides is 3. The Balaban J connectivity index is 1.53. The summed E-state index contributed by atoms with van der Waals surface area (Å²) in [5.74, 6) is -1.05. The Hall–Kier alpha value is -3.05. The van der Waals surface area contributed by atoms with E-state index in [0.717, 1.165) is 40.9 Å². The minimum absolute atomic E-state index is 0.0322. The molecule has 1 saturated heterocycles. The number of benzene rings is 1. The molecule has 2 aromatic heterocycles. The molecule has 3 aromatic rings. The summed E-state index contributed by atoms with van der Waals surface area (Å²) in [6.45, 7) is 9.50. The van der Waals surface area contributed by atoms with Crippen molar-refractivity contribution in [1.29, 1.82) is 0 Å². The molecule has 35 heavy (non-hydrogen) atoms. The van der Waals surface area contributed by atoms with Gasteiger partial charge in [-0.3, -0.25) is 9.69 Å². The maximum absolute atomic E-state index is 13.1. The number of hydrogen-bond acceptors (Lipinski definition) is 7. The van der Waals surface area contributed by atoms with E-state index in [0.29, 0.717) is 22.9 Å². The van der Waals surface area contributed by atoms with E-state index in [9.17, 15) is 18.0 Å². The second-order valence-electron chi connectivity index (χ2n) is 8.84. The molecule has 1 aliphatic rings. The highest BCUT2D eigenvalue weighted by molar-refractivity contribution is 7.14. The molecule has 4 rings (SSSR count). The zero-order chi connectivity index (χ0) is 25.3. The third kappa shape index (κ3) is 5.96. The number of hydrogen-bond donors (Lipinski definition) is 1. The molecule has 186 valence electrons. The Morgan fingerprint density at radius 2 is 1.80 bits per heavy atom. The number of ether oxygens (including phenoxy) is 1. The monoisotopic (exact) mass is 505 g/mol. The molecule has 7 nitrogen and oxygen atoms in total. The molecule has 1 unspecified atom stereocenters. The van der Waals surface area contributed by atoms with Crippen molar-refractivity contribution in [3.8, 4) is 16.3 Å². The smallest absolute Gasteiger partial charge is 0.451 e. The Morgan fingerprint density at radius 3 is 2.37 bits per heavy atom. The maximum Gasteiger partial charge on any atom is 0.451 e. The fraction of sp³-hybridized carbons (Fsp3) is 0.417.